The molecule has 31 heavy (non-hydrogen) atoms. The minimum Gasteiger partial charge on any atom is -0.455 e. The molecule has 2 amide bonds. The van der Waals surface area contributed by atoms with Gasteiger partial charge < -0.3 is 14.5 Å². The van der Waals surface area contributed by atoms with Crippen LogP contribution in [0.3, 0.4) is 0 Å². The number of benzene rings is 2. The van der Waals surface area contributed by atoms with Crippen LogP contribution in [0.15, 0.2) is 54.6 Å². The van der Waals surface area contributed by atoms with Crippen LogP contribution in [-0.4, -0.2) is 42.9 Å². The highest BCUT2D eigenvalue weighted by atomic mass is 16.5. The molecule has 6 heteroatoms. The molecule has 1 fully saturated rings. The van der Waals surface area contributed by atoms with E-state index in [-0.39, 0.29) is 31.4 Å². The van der Waals surface area contributed by atoms with Crippen LogP contribution in [0.4, 0.5) is 5.69 Å². The van der Waals surface area contributed by atoms with Crippen LogP contribution < -0.4 is 4.90 Å². The molecule has 2 aromatic rings. The molecule has 1 heterocycles. The first-order valence-corrected chi connectivity index (χ1v) is 10.7. The lowest BCUT2D eigenvalue weighted by molar-refractivity contribution is -0.155. The van der Waals surface area contributed by atoms with Crippen molar-refractivity contribution >= 4 is 23.5 Å². The first-order chi connectivity index (χ1) is 14.9. The zero-order valence-corrected chi connectivity index (χ0v) is 18.4. The van der Waals surface area contributed by atoms with Crippen molar-refractivity contribution in [2.45, 2.75) is 39.2 Å². The number of hydrogen-bond acceptors (Lipinski definition) is 4. The van der Waals surface area contributed by atoms with E-state index in [9.17, 15) is 14.4 Å². The third-order valence-electron chi connectivity index (χ3n) is 5.86. The Morgan fingerprint density at radius 1 is 1.13 bits per heavy atom. The fraction of sp³-hybridized carbons (Fsp3) is 0.400. The summed E-state index contributed by atoms with van der Waals surface area (Å²) in [7, 11) is 1.68. The molecular formula is C25H30N2O4. The average Bonchev–Trinajstić information content (AvgIpc) is 3.18. The highest BCUT2D eigenvalue weighted by Crippen LogP contribution is 2.33. The Hall–Kier alpha value is -3.15. The van der Waals surface area contributed by atoms with Crippen molar-refractivity contribution in [3.8, 4) is 0 Å². The number of amides is 2. The minimum atomic E-state index is -0.565. The van der Waals surface area contributed by atoms with E-state index in [1.54, 1.807) is 11.9 Å². The molecule has 2 atom stereocenters. The molecule has 0 aliphatic carbocycles. The van der Waals surface area contributed by atoms with Gasteiger partial charge in [-0.3, -0.25) is 14.4 Å². The molecule has 0 saturated carbocycles. The van der Waals surface area contributed by atoms with Crippen molar-refractivity contribution < 1.29 is 19.1 Å². The van der Waals surface area contributed by atoms with Crippen LogP contribution in [0.25, 0.3) is 0 Å². The third-order valence-corrected chi connectivity index (χ3v) is 5.86. The summed E-state index contributed by atoms with van der Waals surface area (Å²) < 4.78 is 5.27. The van der Waals surface area contributed by atoms with Gasteiger partial charge >= 0.3 is 5.97 Å². The summed E-state index contributed by atoms with van der Waals surface area (Å²) in [5.41, 5.74) is 2.96. The van der Waals surface area contributed by atoms with Gasteiger partial charge in [-0.15, -0.1) is 0 Å². The number of anilines is 1. The SMILES string of the molecule is CC[C@@H](C)c1ccccc1N1C[C@@H](C(=O)OCC(=O)N(C)Cc2ccccc2)CC1=O. The van der Waals surface area contributed by atoms with E-state index in [0.717, 1.165) is 23.2 Å². The van der Waals surface area contributed by atoms with Crippen molar-refractivity contribution in [2.24, 2.45) is 5.92 Å². The highest BCUT2D eigenvalue weighted by molar-refractivity contribution is 6.00. The first-order valence-electron chi connectivity index (χ1n) is 10.7. The number of ether oxygens (including phenoxy) is 1. The number of nitrogens with zero attached hydrogens (tertiary/aromatic N) is 2. The van der Waals surface area contributed by atoms with E-state index in [1.807, 2.05) is 54.6 Å². The normalized spacial score (nSPS) is 16.8. The molecule has 164 valence electrons. The molecule has 0 radical (unpaired) electrons. The molecule has 0 spiro atoms. The Labute approximate surface area is 183 Å². The maximum Gasteiger partial charge on any atom is 0.311 e. The van der Waals surface area contributed by atoms with E-state index >= 15 is 0 Å². The zero-order chi connectivity index (χ0) is 22.4. The smallest absolute Gasteiger partial charge is 0.311 e. The third kappa shape index (κ3) is 5.51. The van der Waals surface area contributed by atoms with Gasteiger partial charge in [0, 0.05) is 32.2 Å². The summed E-state index contributed by atoms with van der Waals surface area (Å²) in [5.74, 6) is -1.12. The lowest BCUT2D eigenvalue weighted by Crippen LogP contribution is -2.32. The zero-order valence-electron chi connectivity index (χ0n) is 18.4. The number of likely N-dealkylation sites (N-methyl/N-ethyl adjacent to an activating group) is 1. The second kappa shape index (κ2) is 10.2. The number of carbonyl (C=O) groups is 3. The Morgan fingerprint density at radius 2 is 1.81 bits per heavy atom. The van der Waals surface area contributed by atoms with E-state index in [2.05, 4.69) is 13.8 Å². The molecule has 0 N–H and O–H groups in total. The topological polar surface area (TPSA) is 66.9 Å². The van der Waals surface area contributed by atoms with Crippen LogP contribution in [0.1, 0.15) is 43.7 Å². The maximum atomic E-state index is 12.6. The van der Waals surface area contributed by atoms with Crippen molar-refractivity contribution in [2.75, 3.05) is 25.1 Å². The van der Waals surface area contributed by atoms with E-state index < -0.39 is 11.9 Å². The van der Waals surface area contributed by atoms with Gasteiger partial charge in [0.25, 0.3) is 5.91 Å². The fourth-order valence-corrected chi connectivity index (χ4v) is 3.77. The largest absolute Gasteiger partial charge is 0.455 e. The van der Waals surface area contributed by atoms with Crippen LogP contribution in [0.5, 0.6) is 0 Å². The molecule has 1 saturated heterocycles. The maximum absolute atomic E-state index is 12.6. The second-order valence-electron chi connectivity index (χ2n) is 8.12. The monoisotopic (exact) mass is 422 g/mol. The number of para-hydroxylation sites is 1. The van der Waals surface area contributed by atoms with Gasteiger partial charge in [-0.1, -0.05) is 62.4 Å². The Kier molecular flexibility index (Phi) is 7.45. The lowest BCUT2D eigenvalue weighted by atomic mass is 9.96. The van der Waals surface area contributed by atoms with E-state index in [1.165, 1.54) is 4.90 Å². The number of carbonyl (C=O) groups excluding carboxylic acids is 3. The number of hydrogen-bond donors (Lipinski definition) is 0. The summed E-state index contributed by atoms with van der Waals surface area (Å²) >= 11 is 0. The summed E-state index contributed by atoms with van der Waals surface area (Å²) in [4.78, 5) is 40.7. The molecule has 0 aromatic heterocycles. The quantitative estimate of drug-likeness (QED) is 0.608. The van der Waals surface area contributed by atoms with Crippen molar-refractivity contribution in [1.82, 2.24) is 4.90 Å². The Morgan fingerprint density at radius 3 is 2.52 bits per heavy atom. The average molecular weight is 423 g/mol. The molecule has 6 nitrogen and oxygen atoms in total. The van der Waals surface area contributed by atoms with Gasteiger partial charge in [-0.25, -0.2) is 0 Å². The van der Waals surface area contributed by atoms with Gasteiger partial charge in [0.2, 0.25) is 5.91 Å². The van der Waals surface area contributed by atoms with Crippen LogP contribution in [0, 0.1) is 5.92 Å². The standard InChI is InChI=1S/C25H30N2O4/c1-4-18(2)21-12-8-9-13-22(21)27-16-20(14-23(27)28)25(30)31-17-24(29)26(3)15-19-10-6-5-7-11-19/h5-13,18,20H,4,14-17H2,1-3H3/t18-,20+/m1/s1. The minimum absolute atomic E-state index is 0.0924. The van der Waals surface area contributed by atoms with E-state index in [4.69, 9.17) is 4.74 Å². The Balaban J connectivity index is 1.57. The molecular weight excluding hydrogens is 392 g/mol. The van der Waals surface area contributed by atoms with Crippen LogP contribution >= 0.6 is 0 Å². The summed E-state index contributed by atoms with van der Waals surface area (Å²) in [6, 6.07) is 17.4. The van der Waals surface area contributed by atoms with Crippen molar-refractivity contribution in [3.63, 3.8) is 0 Å². The predicted molar refractivity (Wildman–Crippen MR) is 119 cm³/mol. The molecule has 3 rings (SSSR count). The summed E-state index contributed by atoms with van der Waals surface area (Å²) in [5, 5.41) is 0. The van der Waals surface area contributed by atoms with Crippen molar-refractivity contribution in [1.29, 1.82) is 0 Å². The first kappa shape index (κ1) is 22.5. The van der Waals surface area contributed by atoms with Gasteiger partial charge in [0.1, 0.15) is 0 Å². The lowest BCUT2D eigenvalue weighted by Gasteiger charge is -2.23. The number of rotatable bonds is 8. The fourth-order valence-electron chi connectivity index (χ4n) is 3.77. The summed E-state index contributed by atoms with van der Waals surface area (Å²) in [6.07, 6.45) is 1.06. The van der Waals surface area contributed by atoms with E-state index in [0.29, 0.717) is 12.5 Å². The van der Waals surface area contributed by atoms with Gasteiger partial charge in [-0.2, -0.15) is 0 Å². The summed E-state index contributed by atoms with van der Waals surface area (Å²) in [6.45, 7) is 4.64. The highest BCUT2D eigenvalue weighted by Gasteiger charge is 2.37. The molecule has 0 unspecified atom stereocenters. The number of esters is 1. The molecule has 2 aromatic carbocycles. The molecule has 1 aliphatic rings. The van der Waals surface area contributed by atoms with Gasteiger partial charge in [-0.05, 0) is 29.5 Å². The molecule has 0 bridgehead atoms. The van der Waals surface area contributed by atoms with Crippen LogP contribution in [0.2, 0.25) is 0 Å². The van der Waals surface area contributed by atoms with Gasteiger partial charge in [0.05, 0.1) is 5.92 Å². The molecule has 1 aliphatic heterocycles. The second-order valence-corrected chi connectivity index (χ2v) is 8.12. The predicted octanol–water partition coefficient (Wildman–Crippen LogP) is 3.75. The van der Waals surface area contributed by atoms with Crippen LogP contribution in [-0.2, 0) is 25.7 Å². The Bertz CT molecular complexity index is 928. The van der Waals surface area contributed by atoms with Crippen molar-refractivity contribution in [3.05, 3.63) is 65.7 Å². The van der Waals surface area contributed by atoms with Gasteiger partial charge in [0.15, 0.2) is 6.61 Å².